The third kappa shape index (κ3) is 3.16. The highest BCUT2D eigenvalue weighted by molar-refractivity contribution is 5.89. The summed E-state index contributed by atoms with van der Waals surface area (Å²) >= 11 is 0. The Kier molecular flexibility index (Phi) is 4.02. The normalized spacial score (nSPS) is 27.8. The van der Waals surface area contributed by atoms with Crippen molar-refractivity contribution < 1.29 is 14.1 Å². The van der Waals surface area contributed by atoms with Gasteiger partial charge in [-0.2, -0.15) is 4.98 Å². The smallest absolute Gasteiger partial charge is 0.228 e. The van der Waals surface area contributed by atoms with Crippen molar-refractivity contribution in [2.45, 2.75) is 44.9 Å². The number of carbonyl (C=O) groups excluding carboxylic acids is 2. The fourth-order valence-corrected chi connectivity index (χ4v) is 3.85. The van der Waals surface area contributed by atoms with Gasteiger partial charge in [-0.05, 0) is 31.6 Å². The number of aryl methyl sites for hydroxylation is 1. The summed E-state index contributed by atoms with van der Waals surface area (Å²) in [7, 11) is 0. The lowest BCUT2D eigenvalue weighted by molar-refractivity contribution is -0.137. The maximum Gasteiger partial charge on any atom is 0.228 e. The second-order valence-electron chi connectivity index (χ2n) is 7.44. The van der Waals surface area contributed by atoms with Gasteiger partial charge in [0.05, 0.1) is 5.92 Å². The highest BCUT2D eigenvalue weighted by atomic mass is 16.5. The van der Waals surface area contributed by atoms with E-state index in [0.717, 1.165) is 25.9 Å². The number of hydrogen-bond acceptors (Lipinski definition) is 5. The first-order valence-electron chi connectivity index (χ1n) is 8.97. The molecule has 24 heavy (non-hydrogen) atoms. The first kappa shape index (κ1) is 15.6. The van der Waals surface area contributed by atoms with Gasteiger partial charge < -0.3 is 14.3 Å². The highest BCUT2D eigenvalue weighted by Gasteiger charge is 2.40. The minimum atomic E-state index is -0.179. The zero-order valence-electron chi connectivity index (χ0n) is 14.1. The van der Waals surface area contributed by atoms with Crippen LogP contribution in [0.5, 0.6) is 0 Å². The number of amides is 2. The van der Waals surface area contributed by atoms with Crippen molar-refractivity contribution in [2.75, 3.05) is 26.2 Å². The van der Waals surface area contributed by atoms with Crippen molar-refractivity contribution in [3.05, 3.63) is 11.7 Å². The van der Waals surface area contributed by atoms with E-state index in [1.807, 2.05) is 9.80 Å². The van der Waals surface area contributed by atoms with Gasteiger partial charge in [0.2, 0.25) is 17.7 Å². The molecule has 7 nitrogen and oxygen atoms in total. The third-order valence-corrected chi connectivity index (χ3v) is 5.38. The molecule has 1 saturated carbocycles. The number of aromatic nitrogens is 2. The van der Waals surface area contributed by atoms with Crippen molar-refractivity contribution >= 4 is 11.8 Å². The molecule has 2 atom stereocenters. The molecule has 7 heteroatoms. The molecular formula is C17H24N4O3. The van der Waals surface area contributed by atoms with E-state index in [0.29, 0.717) is 37.1 Å². The molecule has 3 aliphatic rings. The summed E-state index contributed by atoms with van der Waals surface area (Å²) in [6.07, 6.45) is 4.73. The monoisotopic (exact) mass is 332 g/mol. The molecule has 130 valence electrons. The Morgan fingerprint density at radius 2 is 2.12 bits per heavy atom. The maximum atomic E-state index is 12.9. The molecule has 0 spiro atoms. The van der Waals surface area contributed by atoms with Crippen LogP contribution in [0.2, 0.25) is 0 Å². The molecule has 1 aromatic heterocycles. The van der Waals surface area contributed by atoms with Gasteiger partial charge >= 0.3 is 0 Å². The predicted molar refractivity (Wildman–Crippen MR) is 85.0 cm³/mol. The Hall–Kier alpha value is -1.92. The molecule has 3 fully saturated rings. The lowest BCUT2D eigenvalue weighted by Gasteiger charge is -2.33. The van der Waals surface area contributed by atoms with Crippen LogP contribution in [-0.4, -0.2) is 57.9 Å². The van der Waals surface area contributed by atoms with E-state index in [1.165, 1.54) is 12.8 Å². The van der Waals surface area contributed by atoms with E-state index in [2.05, 4.69) is 10.1 Å². The van der Waals surface area contributed by atoms with Gasteiger partial charge in [-0.3, -0.25) is 9.59 Å². The molecule has 0 aromatic carbocycles. The van der Waals surface area contributed by atoms with Gasteiger partial charge in [-0.25, -0.2) is 0 Å². The number of carbonyl (C=O) groups is 2. The molecule has 0 radical (unpaired) electrons. The zero-order valence-corrected chi connectivity index (χ0v) is 14.1. The summed E-state index contributed by atoms with van der Waals surface area (Å²) in [6, 6.07) is 0. The zero-order chi connectivity index (χ0) is 16.7. The van der Waals surface area contributed by atoms with Gasteiger partial charge in [0, 0.05) is 45.4 Å². The number of likely N-dealkylation sites (tertiary alicyclic amines) is 2. The van der Waals surface area contributed by atoms with Crippen LogP contribution >= 0.6 is 0 Å². The fraction of sp³-hybridized carbons (Fsp3) is 0.765. The van der Waals surface area contributed by atoms with Crippen molar-refractivity contribution in [2.24, 2.45) is 11.8 Å². The number of rotatable bonds is 4. The van der Waals surface area contributed by atoms with E-state index < -0.39 is 0 Å². The lowest BCUT2D eigenvalue weighted by atomic mass is 9.95. The largest absolute Gasteiger partial charge is 0.342 e. The van der Waals surface area contributed by atoms with Crippen molar-refractivity contribution in [3.63, 3.8) is 0 Å². The Labute approximate surface area is 141 Å². The molecule has 2 saturated heterocycles. The van der Waals surface area contributed by atoms with E-state index in [1.54, 1.807) is 6.92 Å². The van der Waals surface area contributed by atoms with Crippen LogP contribution < -0.4 is 0 Å². The fourth-order valence-electron chi connectivity index (χ4n) is 3.85. The van der Waals surface area contributed by atoms with Crippen LogP contribution in [0.3, 0.4) is 0 Å². The number of hydrogen-bond donors (Lipinski definition) is 0. The Morgan fingerprint density at radius 3 is 2.83 bits per heavy atom. The molecule has 0 N–H and O–H groups in total. The van der Waals surface area contributed by atoms with Gasteiger partial charge in [0.15, 0.2) is 5.82 Å². The second-order valence-corrected chi connectivity index (χ2v) is 7.44. The molecular weight excluding hydrogens is 308 g/mol. The summed E-state index contributed by atoms with van der Waals surface area (Å²) in [5.74, 6) is 2.15. The maximum absolute atomic E-state index is 12.9. The average Bonchev–Trinajstić information content (AvgIpc) is 3.18. The first-order chi connectivity index (χ1) is 11.6. The third-order valence-electron chi connectivity index (χ3n) is 5.38. The van der Waals surface area contributed by atoms with Gasteiger partial charge in [0.25, 0.3) is 0 Å². The molecule has 1 aromatic rings. The molecule has 0 bridgehead atoms. The van der Waals surface area contributed by atoms with Crippen molar-refractivity contribution in [3.8, 4) is 0 Å². The standard InChI is InChI=1S/C17H24N4O3/c1-11-18-16(19-24-11)13-3-2-6-20(9-13)17(23)14-7-15(22)21(10-14)8-12-4-5-12/h12-14H,2-10H2,1H3. The average molecular weight is 332 g/mol. The molecule has 1 aliphatic carbocycles. The molecule has 2 amide bonds. The molecule has 2 aliphatic heterocycles. The summed E-state index contributed by atoms with van der Waals surface area (Å²) in [4.78, 5) is 33.1. The molecule has 3 heterocycles. The summed E-state index contributed by atoms with van der Waals surface area (Å²) in [5.41, 5.74) is 0. The number of piperidine rings is 1. The summed E-state index contributed by atoms with van der Waals surface area (Å²) in [6.45, 7) is 4.61. The summed E-state index contributed by atoms with van der Waals surface area (Å²) < 4.78 is 5.07. The predicted octanol–water partition coefficient (Wildman–Crippen LogP) is 1.34. The lowest BCUT2D eigenvalue weighted by Crippen LogP contribution is -2.43. The minimum absolute atomic E-state index is 0.117. The molecule has 4 rings (SSSR count). The van der Waals surface area contributed by atoms with Crippen LogP contribution in [0.25, 0.3) is 0 Å². The van der Waals surface area contributed by atoms with Crippen LogP contribution in [0.1, 0.15) is 49.7 Å². The van der Waals surface area contributed by atoms with Crippen molar-refractivity contribution in [1.82, 2.24) is 19.9 Å². The SMILES string of the molecule is Cc1nc(C2CCCN(C(=O)C3CC(=O)N(CC4CC4)C3)C2)no1. The highest BCUT2D eigenvalue weighted by Crippen LogP contribution is 2.33. The van der Waals surface area contributed by atoms with E-state index in [9.17, 15) is 9.59 Å². The Balaban J connectivity index is 1.38. The minimum Gasteiger partial charge on any atom is -0.342 e. The van der Waals surface area contributed by atoms with Gasteiger partial charge in [-0.1, -0.05) is 5.16 Å². The first-order valence-corrected chi connectivity index (χ1v) is 8.97. The van der Waals surface area contributed by atoms with Crippen LogP contribution in [-0.2, 0) is 9.59 Å². The Bertz CT molecular complexity index is 640. The van der Waals surface area contributed by atoms with E-state index >= 15 is 0 Å². The Morgan fingerprint density at radius 1 is 1.29 bits per heavy atom. The van der Waals surface area contributed by atoms with Crippen molar-refractivity contribution in [1.29, 1.82) is 0 Å². The van der Waals surface area contributed by atoms with Crippen LogP contribution in [0.15, 0.2) is 4.52 Å². The summed E-state index contributed by atoms with van der Waals surface area (Å²) in [5, 5.41) is 4.01. The van der Waals surface area contributed by atoms with Gasteiger partial charge in [-0.15, -0.1) is 0 Å². The topological polar surface area (TPSA) is 79.5 Å². The second kappa shape index (κ2) is 6.18. The molecule has 2 unspecified atom stereocenters. The van der Waals surface area contributed by atoms with E-state index in [4.69, 9.17) is 4.52 Å². The van der Waals surface area contributed by atoms with E-state index in [-0.39, 0.29) is 23.7 Å². The van der Waals surface area contributed by atoms with Gasteiger partial charge in [0.1, 0.15) is 0 Å². The number of nitrogens with zero attached hydrogens (tertiary/aromatic N) is 4. The van der Waals surface area contributed by atoms with Crippen LogP contribution in [0, 0.1) is 18.8 Å². The quantitative estimate of drug-likeness (QED) is 0.831. The van der Waals surface area contributed by atoms with Crippen LogP contribution in [0.4, 0.5) is 0 Å².